The van der Waals surface area contributed by atoms with Crippen LogP contribution in [-0.4, -0.2) is 41.7 Å². The van der Waals surface area contributed by atoms with Crippen molar-refractivity contribution in [3.8, 4) is 23.0 Å². The molecule has 0 bridgehead atoms. The Balaban J connectivity index is 1.78. The van der Waals surface area contributed by atoms with Gasteiger partial charge in [-0.3, -0.25) is 14.5 Å². The SMILES string of the molecule is CCCCCOc1ccc(/C(O)=C2\C(=O)C(=O)N(c3ccc(OCC)c(OCC)c3)C2c2ccc(O)cc2)cc1. The lowest BCUT2D eigenvalue weighted by Gasteiger charge is -2.26. The number of aliphatic hydroxyl groups is 1. The number of hydrogen-bond acceptors (Lipinski definition) is 7. The largest absolute Gasteiger partial charge is 0.508 e. The number of unbranched alkanes of at least 4 members (excludes halogenated alkanes) is 2. The van der Waals surface area contributed by atoms with Crippen LogP contribution in [0.4, 0.5) is 5.69 Å². The van der Waals surface area contributed by atoms with Crippen LogP contribution in [0.5, 0.6) is 23.0 Å². The van der Waals surface area contributed by atoms with Crippen molar-refractivity contribution in [3.63, 3.8) is 0 Å². The Kier molecular flexibility index (Phi) is 9.32. The van der Waals surface area contributed by atoms with E-state index in [0.717, 1.165) is 19.3 Å². The third-order valence-electron chi connectivity index (χ3n) is 6.60. The Bertz CT molecular complexity index is 1360. The van der Waals surface area contributed by atoms with Crippen LogP contribution in [0.3, 0.4) is 0 Å². The second-order valence-corrected chi connectivity index (χ2v) is 9.34. The molecule has 8 heteroatoms. The number of anilines is 1. The molecule has 0 radical (unpaired) electrons. The van der Waals surface area contributed by atoms with Gasteiger partial charge < -0.3 is 24.4 Å². The summed E-state index contributed by atoms with van der Waals surface area (Å²) in [7, 11) is 0. The number of ketones is 1. The molecule has 0 spiro atoms. The predicted molar refractivity (Wildman–Crippen MR) is 153 cm³/mol. The van der Waals surface area contributed by atoms with Gasteiger partial charge in [0.15, 0.2) is 11.5 Å². The monoisotopic (exact) mass is 545 g/mol. The molecule has 0 aliphatic carbocycles. The number of hydrogen-bond donors (Lipinski definition) is 2. The molecule has 1 amide bonds. The van der Waals surface area contributed by atoms with Crippen LogP contribution < -0.4 is 19.1 Å². The Morgan fingerprint density at radius 2 is 1.50 bits per heavy atom. The average Bonchev–Trinajstić information content (AvgIpc) is 3.22. The van der Waals surface area contributed by atoms with Gasteiger partial charge >= 0.3 is 0 Å². The van der Waals surface area contributed by atoms with Crippen molar-refractivity contribution in [1.82, 2.24) is 0 Å². The molecule has 1 aliphatic heterocycles. The van der Waals surface area contributed by atoms with E-state index in [9.17, 15) is 19.8 Å². The molecule has 0 aromatic heterocycles. The first kappa shape index (κ1) is 28.5. The summed E-state index contributed by atoms with van der Waals surface area (Å²) in [4.78, 5) is 28.3. The zero-order valence-electron chi connectivity index (χ0n) is 23.1. The molecular formula is C32H35NO7. The number of aliphatic hydroxyl groups excluding tert-OH is 1. The van der Waals surface area contributed by atoms with Crippen molar-refractivity contribution in [2.75, 3.05) is 24.7 Å². The minimum absolute atomic E-state index is 0.0370. The van der Waals surface area contributed by atoms with Crippen molar-refractivity contribution in [2.45, 2.75) is 46.1 Å². The molecule has 2 N–H and O–H groups in total. The summed E-state index contributed by atoms with van der Waals surface area (Å²) in [6.07, 6.45) is 3.13. The third-order valence-corrected chi connectivity index (χ3v) is 6.60. The number of amides is 1. The van der Waals surface area contributed by atoms with Crippen molar-refractivity contribution < 1.29 is 34.0 Å². The van der Waals surface area contributed by atoms with Crippen LogP contribution in [0.2, 0.25) is 0 Å². The standard InChI is InChI=1S/C32H35NO7/c1-4-7-8-19-40-25-16-11-22(12-17-25)30(35)28-29(21-9-14-24(34)15-10-21)33(32(37)31(28)36)23-13-18-26(38-5-2)27(20-23)39-6-3/h9-18,20,29,34-35H,4-8,19H2,1-3H3/b30-28+. The lowest BCUT2D eigenvalue weighted by atomic mass is 9.95. The van der Waals surface area contributed by atoms with E-state index in [-0.39, 0.29) is 17.1 Å². The highest BCUT2D eigenvalue weighted by Gasteiger charge is 2.47. The maximum Gasteiger partial charge on any atom is 0.300 e. The highest BCUT2D eigenvalue weighted by atomic mass is 16.5. The molecule has 4 rings (SSSR count). The fourth-order valence-corrected chi connectivity index (χ4v) is 4.67. The first-order valence-corrected chi connectivity index (χ1v) is 13.6. The van der Waals surface area contributed by atoms with Gasteiger partial charge in [0.1, 0.15) is 17.3 Å². The fraction of sp³-hybridized carbons (Fsp3) is 0.312. The van der Waals surface area contributed by atoms with Crippen LogP contribution in [-0.2, 0) is 9.59 Å². The lowest BCUT2D eigenvalue weighted by Crippen LogP contribution is -2.29. The second kappa shape index (κ2) is 13.1. The number of carbonyl (C=O) groups excluding carboxylic acids is 2. The van der Waals surface area contributed by atoms with Crippen molar-refractivity contribution in [2.24, 2.45) is 0 Å². The number of nitrogens with zero attached hydrogens (tertiary/aromatic N) is 1. The molecule has 1 unspecified atom stereocenters. The number of aromatic hydroxyl groups is 1. The summed E-state index contributed by atoms with van der Waals surface area (Å²) < 4.78 is 17.2. The molecule has 1 heterocycles. The first-order chi connectivity index (χ1) is 19.4. The maximum absolute atomic E-state index is 13.5. The maximum atomic E-state index is 13.5. The molecule has 8 nitrogen and oxygen atoms in total. The molecular weight excluding hydrogens is 510 g/mol. The van der Waals surface area contributed by atoms with E-state index in [4.69, 9.17) is 14.2 Å². The molecule has 1 fully saturated rings. The predicted octanol–water partition coefficient (Wildman–Crippen LogP) is 6.38. The summed E-state index contributed by atoms with van der Waals surface area (Å²) in [5.74, 6) is -0.265. The molecule has 3 aromatic carbocycles. The zero-order valence-corrected chi connectivity index (χ0v) is 23.1. The van der Waals surface area contributed by atoms with Gasteiger partial charge in [-0.05, 0) is 74.4 Å². The Morgan fingerprint density at radius 1 is 0.825 bits per heavy atom. The van der Waals surface area contributed by atoms with Gasteiger partial charge in [0.25, 0.3) is 11.7 Å². The molecule has 1 saturated heterocycles. The van der Waals surface area contributed by atoms with Gasteiger partial charge in [0.2, 0.25) is 0 Å². The summed E-state index contributed by atoms with van der Waals surface area (Å²) in [6.45, 7) is 7.23. The summed E-state index contributed by atoms with van der Waals surface area (Å²) >= 11 is 0. The van der Waals surface area contributed by atoms with Gasteiger partial charge in [0.05, 0.1) is 31.4 Å². The second-order valence-electron chi connectivity index (χ2n) is 9.34. The van der Waals surface area contributed by atoms with Crippen LogP contribution in [0, 0.1) is 0 Å². The Morgan fingerprint density at radius 3 is 2.15 bits per heavy atom. The molecule has 1 atom stereocenters. The van der Waals surface area contributed by atoms with E-state index in [1.54, 1.807) is 54.6 Å². The number of phenols is 1. The molecule has 1 aliphatic rings. The quantitative estimate of drug-likeness (QED) is 0.118. The van der Waals surface area contributed by atoms with E-state index < -0.39 is 17.7 Å². The van der Waals surface area contributed by atoms with Gasteiger partial charge in [-0.1, -0.05) is 31.9 Å². The number of carbonyl (C=O) groups is 2. The highest BCUT2D eigenvalue weighted by Crippen LogP contribution is 2.44. The average molecular weight is 546 g/mol. The molecule has 210 valence electrons. The van der Waals surface area contributed by atoms with Gasteiger partial charge in [-0.2, -0.15) is 0 Å². The molecule has 40 heavy (non-hydrogen) atoms. The zero-order chi connectivity index (χ0) is 28.6. The van der Waals surface area contributed by atoms with E-state index in [0.29, 0.717) is 53.9 Å². The molecule has 3 aromatic rings. The van der Waals surface area contributed by atoms with Crippen LogP contribution in [0.1, 0.15) is 57.2 Å². The summed E-state index contributed by atoms with van der Waals surface area (Å²) in [6, 6.07) is 17.1. The molecule has 0 saturated carbocycles. The van der Waals surface area contributed by atoms with Crippen molar-refractivity contribution in [1.29, 1.82) is 0 Å². The summed E-state index contributed by atoms with van der Waals surface area (Å²) in [5, 5.41) is 21.3. The first-order valence-electron chi connectivity index (χ1n) is 13.6. The topological polar surface area (TPSA) is 106 Å². The van der Waals surface area contributed by atoms with Gasteiger partial charge in [-0.25, -0.2) is 0 Å². The number of phenolic OH excluding ortho intramolecular Hbond substituents is 1. The van der Waals surface area contributed by atoms with Crippen LogP contribution >= 0.6 is 0 Å². The third kappa shape index (κ3) is 6.06. The number of rotatable bonds is 12. The number of Topliss-reactive ketones (excluding diaryl/α,β-unsaturated/α-hetero) is 1. The van der Waals surface area contributed by atoms with E-state index in [2.05, 4.69) is 6.92 Å². The number of ether oxygens (including phenoxy) is 3. The minimum atomic E-state index is -0.946. The normalized spacial score (nSPS) is 16.3. The lowest BCUT2D eigenvalue weighted by molar-refractivity contribution is -0.132. The Hall–Kier alpha value is -4.46. The van der Waals surface area contributed by atoms with E-state index in [1.807, 2.05) is 13.8 Å². The van der Waals surface area contributed by atoms with Crippen LogP contribution in [0.25, 0.3) is 5.76 Å². The summed E-state index contributed by atoms with van der Waals surface area (Å²) in [5.41, 5.74) is 1.27. The fourth-order valence-electron chi connectivity index (χ4n) is 4.67. The van der Waals surface area contributed by atoms with Gasteiger partial charge in [-0.15, -0.1) is 0 Å². The number of benzene rings is 3. The van der Waals surface area contributed by atoms with E-state index >= 15 is 0 Å². The van der Waals surface area contributed by atoms with Crippen molar-refractivity contribution in [3.05, 3.63) is 83.4 Å². The Labute approximate surface area is 234 Å². The minimum Gasteiger partial charge on any atom is -0.508 e. The van der Waals surface area contributed by atoms with Crippen LogP contribution in [0.15, 0.2) is 72.3 Å². The van der Waals surface area contributed by atoms with Crippen molar-refractivity contribution >= 4 is 23.1 Å². The van der Waals surface area contributed by atoms with E-state index in [1.165, 1.54) is 17.0 Å². The highest BCUT2D eigenvalue weighted by molar-refractivity contribution is 6.51. The smallest absolute Gasteiger partial charge is 0.300 e. The van der Waals surface area contributed by atoms with Gasteiger partial charge in [0, 0.05) is 17.3 Å².